The van der Waals surface area contributed by atoms with Gasteiger partial charge < -0.3 is 10.7 Å². The van der Waals surface area contributed by atoms with Gasteiger partial charge in [-0.25, -0.2) is 4.79 Å². The number of anilines is 1. The number of nitrogens with one attached hydrogen (secondary N) is 1. The van der Waals surface area contributed by atoms with E-state index in [0.717, 1.165) is 27.8 Å². The second kappa shape index (κ2) is 4.02. The molecule has 4 nitrogen and oxygen atoms in total. The van der Waals surface area contributed by atoms with Gasteiger partial charge in [-0.1, -0.05) is 18.2 Å². The molecule has 0 fully saturated rings. The van der Waals surface area contributed by atoms with Crippen LogP contribution in [0.5, 0.6) is 0 Å². The zero-order valence-corrected chi connectivity index (χ0v) is 10.9. The van der Waals surface area contributed by atoms with Crippen LogP contribution in [0.25, 0.3) is 16.7 Å². The Hall–Kier alpha value is -2.49. The summed E-state index contributed by atoms with van der Waals surface area (Å²) in [7, 11) is 0. The van der Waals surface area contributed by atoms with Crippen LogP contribution in [0.3, 0.4) is 0 Å². The van der Waals surface area contributed by atoms with Gasteiger partial charge in [0.05, 0.1) is 16.7 Å². The SMILES string of the molecule is Cc1cccc(C)c1-n1c(=O)[nH]c2cc(N)ccc21. The van der Waals surface area contributed by atoms with Crippen molar-refractivity contribution in [2.24, 2.45) is 0 Å². The van der Waals surface area contributed by atoms with Crippen molar-refractivity contribution in [2.45, 2.75) is 13.8 Å². The number of aromatic amines is 1. The number of benzene rings is 2. The van der Waals surface area contributed by atoms with Gasteiger partial charge in [-0.15, -0.1) is 0 Å². The van der Waals surface area contributed by atoms with Gasteiger partial charge in [0.1, 0.15) is 0 Å². The third kappa shape index (κ3) is 1.73. The maximum Gasteiger partial charge on any atom is 0.331 e. The highest BCUT2D eigenvalue weighted by Crippen LogP contribution is 2.22. The minimum atomic E-state index is -0.141. The molecule has 96 valence electrons. The predicted octanol–water partition coefficient (Wildman–Crippen LogP) is 2.52. The van der Waals surface area contributed by atoms with Crippen LogP contribution in [0.1, 0.15) is 11.1 Å². The molecule has 0 aliphatic heterocycles. The highest BCUT2D eigenvalue weighted by Gasteiger charge is 2.12. The summed E-state index contributed by atoms with van der Waals surface area (Å²) in [4.78, 5) is 15.1. The number of H-pyrrole nitrogens is 1. The second-order valence-corrected chi connectivity index (χ2v) is 4.78. The summed E-state index contributed by atoms with van der Waals surface area (Å²) in [6.45, 7) is 4.01. The number of para-hydroxylation sites is 1. The topological polar surface area (TPSA) is 63.8 Å². The molecule has 0 atom stereocenters. The predicted molar refractivity (Wildman–Crippen MR) is 77.8 cm³/mol. The smallest absolute Gasteiger partial charge is 0.331 e. The van der Waals surface area contributed by atoms with Crippen molar-refractivity contribution >= 4 is 16.7 Å². The Morgan fingerprint density at radius 1 is 1.11 bits per heavy atom. The van der Waals surface area contributed by atoms with Crippen molar-refractivity contribution in [1.82, 2.24) is 9.55 Å². The molecule has 1 heterocycles. The molecule has 0 amide bonds. The minimum absolute atomic E-state index is 0.141. The largest absolute Gasteiger partial charge is 0.399 e. The zero-order chi connectivity index (χ0) is 13.6. The number of hydrogen-bond acceptors (Lipinski definition) is 2. The highest BCUT2D eigenvalue weighted by molar-refractivity contribution is 5.81. The number of hydrogen-bond donors (Lipinski definition) is 2. The van der Waals surface area contributed by atoms with Crippen LogP contribution in [0.4, 0.5) is 5.69 Å². The van der Waals surface area contributed by atoms with E-state index in [0.29, 0.717) is 5.69 Å². The van der Waals surface area contributed by atoms with Crippen LogP contribution in [-0.4, -0.2) is 9.55 Å². The van der Waals surface area contributed by atoms with Crippen LogP contribution in [0, 0.1) is 13.8 Å². The summed E-state index contributed by atoms with van der Waals surface area (Å²) in [6, 6.07) is 11.5. The van der Waals surface area contributed by atoms with Crippen LogP contribution < -0.4 is 11.4 Å². The fraction of sp³-hybridized carbons (Fsp3) is 0.133. The first kappa shape index (κ1) is 11.6. The first-order valence-electron chi connectivity index (χ1n) is 6.15. The summed E-state index contributed by atoms with van der Waals surface area (Å²) in [5.74, 6) is 0. The molecule has 3 N–H and O–H groups in total. The Balaban J connectivity index is 2.43. The Labute approximate surface area is 110 Å². The average Bonchev–Trinajstić information content (AvgIpc) is 2.65. The third-order valence-corrected chi connectivity index (χ3v) is 3.37. The Morgan fingerprint density at radius 2 is 1.79 bits per heavy atom. The van der Waals surface area contributed by atoms with Crippen LogP contribution in [-0.2, 0) is 0 Å². The molecule has 0 bridgehead atoms. The standard InChI is InChI=1S/C15H15N3O/c1-9-4-3-5-10(2)14(9)18-13-7-6-11(16)8-12(13)17-15(18)19/h3-8H,16H2,1-2H3,(H,17,19). The third-order valence-electron chi connectivity index (χ3n) is 3.37. The van der Waals surface area contributed by atoms with E-state index in [4.69, 9.17) is 5.73 Å². The van der Waals surface area contributed by atoms with E-state index in [2.05, 4.69) is 4.98 Å². The molecule has 0 saturated carbocycles. The van der Waals surface area contributed by atoms with Crippen molar-refractivity contribution < 1.29 is 0 Å². The van der Waals surface area contributed by atoms with Crippen molar-refractivity contribution in [2.75, 3.05) is 5.73 Å². The lowest BCUT2D eigenvalue weighted by molar-refractivity contribution is 0.990. The lowest BCUT2D eigenvalue weighted by Crippen LogP contribution is -2.16. The van der Waals surface area contributed by atoms with Crippen LogP contribution in [0.15, 0.2) is 41.2 Å². The van der Waals surface area contributed by atoms with E-state index in [1.54, 1.807) is 16.7 Å². The number of rotatable bonds is 1. The number of imidazole rings is 1. The molecule has 0 radical (unpaired) electrons. The van der Waals surface area contributed by atoms with Gasteiger partial charge in [0.15, 0.2) is 0 Å². The number of aromatic nitrogens is 2. The molecular weight excluding hydrogens is 238 g/mol. The monoisotopic (exact) mass is 253 g/mol. The average molecular weight is 253 g/mol. The van der Waals surface area contributed by atoms with Crippen molar-refractivity contribution in [3.8, 4) is 5.69 Å². The maximum absolute atomic E-state index is 12.2. The summed E-state index contributed by atoms with van der Waals surface area (Å²) < 4.78 is 1.71. The van der Waals surface area contributed by atoms with Gasteiger partial charge in [0.25, 0.3) is 0 Å². The molecule has 19 heavy (non-hydrogen) atoms. The molecule has 0 aliphatic carbocycles. The van der Waals surface area contributed by atoms with Gasteiger partial charge in [-0.3, -0.25) is 4.57 Å². The number of nitrogens with two attached hydrogens (primary N) is 1. The molecular formula is C15H15N3O. The first-order valence-corrected chi connectivity index (χ1v) is 6.15. The molecule has 3 rings (SSSR count). The molecule has 2 aromatic carbocycles. The maximum atomic E-state index is 12.2. The Morgan fingerprint density at radius 3 is 2.47 bits per heavy atom. The van der Waals surface area contributed by atoms with Crippen LogP contribution >= 0.6 is 0 Å². The highest BCUT2D eigenvalue weighted by atomic mass is 16.1. The number of fused-ring (bicyclic) bond motifs is 1. The zero-order valence-electron chi connectivity index (χ0n) is 10.9. The number of nitrogen functional groups attached to an aromatic ring is 1. The van der Waals surface area contributed by atoms with E-state index >= 15 is 0 Å². The van der Waals surface area contributed by atoms with E-state index in [1.165, 1.54) is 0 Å². The summed E-state index contributed by atoms with van der Waals surface area (Å²) in [5.41, 5.74) is 10.9. The Bertz CT molecular complexity index is 807. The first-order chi connectivity index (χ1) is 9.08. The van der Waals surface area contributed by atoms with Crippen molar-refractivity contribution in [3.05, 3.63) is 58.0 Å². The van der Waals surface area contributed by atoms with E-state index < -0.39 is 0 Å². The normalized spacial score (nSPS) is 11.1. The van der Waals surface area contributed by atoms with Gasteiger partial charge in [0.2, 0.25) is 0 Å². The summed E-state index contributed by atoms with van der Waals surface area (Å²) in [5, 5.41) is 0. The molecule has 0 unspecified atom stereocenters. The second-order valence-electron chi connectivity index (χ2n) is 4.78. The fourth-order valence-corrected chi connectivity index (χ4v) is 2.51. The lowest BCUT2D eigenvalue weighted by Gasteiger charge is -2.10. The molecule has 4 heteroatoms. The van der Waals surface area contributed by atoms with E-state index in [9.17, 15) is 4.79 Å². The Kier molecular flexibility index (Phi) is 2.45. The van der Waals surface area contributed by atoms with E-state index in [-0.39, 0.29) is 5.69 Å². The van der Waals surface area contributed by atoms with Gasteiger partial charge in [0, 0.05) is 5.69 Å². The minimum Gasteiger partial charge on any atom is -0.399 e. The number of aryl methyl sites for hydroxylation is 2. The van der Waals surface area contributed by atoms with Crippen molar-refractivity contribution in [1.29, 1.82) is 0 Å². The number of nitrogens with zero attached hydrogens (tertiary/aromatic N) is 1. The molecule has 0 saturated heterocycles. The van der Waals surface area contributed by atoms with E-state index in [1.807, 2.05) is 38.1 Å². The van der Waals surface area contributed by atoms with Gasteiger partial charge in [-0.2, -0.15) is 0 Å². The van der Waals surface area contributed by atoms with Crippen LogP contribution in [0.2, 0.25) is 0 Å². The van der Waals surface area contributed by atoms with Crippen molar-refractivity contribution in [3.63, 3.8) is 0 Å². The molecule has 0 spiro atoms. The molecule has 0 aliphatic rings. The molecule has 1 aromatic heterocycles. The quantitative estimate of drug-likeness (QED) is 0.654. The summed E-state index contributed by atoms with van der Waals surface area (Å²) >= 11 is 0. The molecule has 3 aromatic rings. The summed E-state index contributed by atoms with van der Waals surface area (Å²) in [6.07, 6.45) is 0. The fourth-order valence-electron chi connectivity index (χ4n) is 2.51. The van der Waals surface area contributed by atoms with Gasteiger partial charge >= 0.3 is 5.69 Å². The van der Waals surface area contributed by atoms with Gasteiger partial charge in [-0.05, 0) is 43.2 Å². The lowest BCUT2D eigenvalue weighted by atomic mass is 10.1.